The molecule has 0 aliphatic heterocycles. The quantitative estimate of drug-likeness (QED) is 0.623. The van der Waals surface area contributed by atoms with Crippen LogP contribution in [0.25, 0.3) is 0 Å². The molecule has 0 aromatic heterocycles. The Labute approximate surface area is 83.0 Å². The van der Waals surface area contributed by atoms with E-state index < -0.39 is 11.1 Å². The number of rotatable bonds is 3. The van der Waals surface area contributed by atoms with E-state index in [-0.39, 0.29) is 5.75 Å². The molecular formula is C8H7ClO3S. The first-order valence-corrected chi connectivity index (χ1v) is 5.09. The zero-order valence-corrected chi connectivity index (χ0v) is 8.14. The van der Waals surface area contributed by atoms with Gasteiger partial charge in [0.15, 0.2) is 11.1 Å². The highest BCUT2D eigenvalue weighted by molar-refractivity contribution is 7.78. The number of carbonyl (C=O) groups excluding carboxylic acids is 1. The van der Waals surface area contributed by atoms with Gasteiger partial charge in [-0.15, -0.1) is 0 Å². The van der Waals surface area contributed by atoms with E-state index in [1.807, 2.05) is 0 Å². The van der Waals surface area contributed by atoms with Crippen LogP contribution in [0.4, 0.5) is 0 Å². The molecule has 0 amide bonds. The average molecular weight is 219 g/mol. The lowest BCUT2D eigenvalue weighted by atomic mass is 10.2. The summed E-state index contributed by atoms with van der Waals surface area (Å²) in [5.74, 6) is -0.0125. The fourth-order valence-electron chi connectivity index (χ4n) is 0.969. The minimum atomic E-state index is -1.91. The standard InChI is InChI=1S/C8H7ClO3S/c9-8-2-6(4-10)1-7(3-8)5-13(11)12/h1-4H,5H2,(H,11,12). The minimum absolute atomic E-state index is 0.0125. The molecule has 0 spiro atoms. The summed E-state index contributed by atoms with van der Waals surface area (Å²) in [6.07, 6.45) is 0.648. The largest absolute Gasteiger partial charge is 0.306 e. The van der Waals surface area contributed by atoms with Crippen molar-refractivity contribution in [1.82, 2.24) is 0 Å². The van der Waals surface area contributed by atoms with Crippen LogP contribution in [0.1, 0.15) is 15.9 Å². The van der Waals surface area contributed by atoms with Gasteiger partial charge in [0.1, 0.15) is 6.29 Å². The molecule has 0 radical (unpaired) electrons. The lowest BCUT2D eigenvalue weighted by Crippen LogP contribution is -1.94. The molecule has 0 saturated heterocycles. The molecule has 0 aliphatic carbocycles. The summed E-state index contributed by atoms with van der Waals surface area (Å²) in [6, 6.07) is 4.59. The van der Waals surface area contributed by atoms with Crippen LogP contribution in [0.15, 0.2) is 18.2 Å². The van der Waals surface area contributed by atoms with Crippen molar-refractivity contribution in [3.8, 4) is 0 Å². The van der Waals surface area contributed by atoms with Gasteiger partial charge in [0.2, 0.25) is 0 Å². The zero-order valence-electron chi connectivity index (χ0n) is 6.57. The second kappa shape index (κ2) is 4.50. The maximum Gasteiger partial charge on any atom is 0.157 e. The molecule has 1 unspecified atom stereocenters. The van der Waals surface area contributed by atoms with Crippen molar-refractivity contribution < 1.29 is 13.6 Å². The van der Waals surface area contributed by atoms with Gasteiger partial charge in [0.25, 0.3) is 0 Å². The van der Waals surface area contributed by atoms with Crippen molar-refractivity contribution in [2.75, 3.05) is 0 Å². The first-order valence-electron chi connectivity index (χ1n) is 3.44. The van der Waals surface area contributed by atoms with Crippen molar-refractivity contribution in [3.05, 3.63) is 34.3 Å². The topological polar surface area (TPSA) is 54.4 Å². The predicted molar refractivity (Wildman–Crippen MR) is 51.3 cm³/mol. The lowest BCUT2D eigenvalue weighted by Gasteiger charge is -1.99. The predicted octanol–water partition coefficient (Wildman–Crippen LogP) is 1.87. The normalized spacial score (nSPS) is 12.5. The van der Waals surface area contributed by atoms with E-state index >= 15 is 0 Å². The number of hydrogen-bond acceptors (Lipinski definition) is 2. The van der Waals surface area contributed by atoms with Crippen LogP contribution in [0.5, 0.6) is 0 Å². The summed E-state index contributed by atoms with van der Waals surface area (Å²) in [7, 11) is 0. The smallest absolute Gasteiger partial charge is 0.157 e. The molecule has 1 atom stereocenters. The molecule has 1 N–H and O–H groups in total. The molecule has 3 nitrogen and oxygen atoms in total. The Morgan fingerprint density at radius 2 is 2.15 bits per heavy atom. The molecule has 1 aromatic rings. The van der Waals surface area contributed by atoms with Crippen molar-refractivity contribution in [3.63, 3.8) is 0 Å². The molecule has 0 fully saturated rings. The number of hydrogen-bond donors (Lipinski definition) is 1. The van der Waals surface area contributed by atoms with Gasteiger partial charge in [-0.2, -0.15) is 0 Å². The molecule has 0 bridgehead atoms. The summed E-state index contributed by atoms with van der Waals surface area (Å²) in [5.41, 5.74) is 0.989. The van der Waals surface area contributed by atoms with E-state index in [4.69, 9.17) is 16.2 Å². The molecular weight excluding hydrogens is 212 g/mol. The third-order valence-corrected chi connectivity index (χ3v) is 2.20. The SMILES string of the molecule is O=Cc1cc(Cl)cc(CS(=O)O)c1. The van der Waals surface area contributed by atoms with E-state index in [1.165, 1.54) is 12.1 Å². The van der Waals surface area contributed by atoms with Gasteiger partial charge >= 0.3 is 0 Å². The first kappa shape index (κ1) is 10.4. The number of benzene rings is 1. The van der Waals surface area contributed by atoms with Crippen LogP contribution in [-0.2, 0) is 16.8 Å². The van der Waals surface area contributed by atoms with E-state index in [2.05, 4.69) is 0 Å². The molecule has 0 aliphatic rings. The fourth-order valence-corrected chi connectivity index (χ4v) is 1.69. The van der Waals surface area contributed by atoms with E-state index in [9.17, 15) is 9.00 Å². The highest BCUT2D eigenvalue weighted by Crippen LogP contribution is 2.15. The minimum Gasteiger partial charge on any atom is -0.306 e. The second-order valence-electron chi connectivity index (χ2n) is 2.48. The Balaban J connectivity index is 3.01. The van der Waals surface area contributed by atoms with Gasteiger partial charge in [-0.25, -0.2) is 4.21 Å². The number of aldehydes is 1. The van der Waals surface area contributed by atoms with Crippen molar-refractivity contribution in [2.24, 2.45) is 0 Å². The van der Waals surface area contributed by atoms with Crippen LogP contribution in [-0.4, -0.2) is 15.0 Å². The summed E-state index contributed by atoms with van der Waals surface area (Å²) < 4.78 is 19.1. The van der Waals surface area contributed by atoms with Crippen LogP contribution >= 0.6 is 11.6 Å². The van der Waals surface area contributed by atoms with Gasteiger partial charge < -0.3 is 4.55 Å². The highest BCUT2D eigenvalue weighted by atomic mass is 35.5. The summed E-state index contributed by atoms with van der Waals surface area (Å²) in [4.78, 5) is 10.4. The molecule has 1 aromatic carbocycles. The van der Waals surface area contributed by atoms with Crippen LogP contribution in [0.3, 0.4) is 0 Å². The monoisotopic (exact) mass is 218 g/mol. The van der Waals surface area contributed by atoms with Gasteiger partial charge in [0, 0.05) is 10.6 Å². The Kier molecular flexibility index (Phi) is 3.59. The molecule has 1 rings (SSSR count). The molecule has 0 heterocycles. The average Bonchev–Trinajstić information content (AvgIpc) is 2.01. The fraction of sp³-hybridized carbons (Fsp3) is 0.125. The Morgan fingerprint density at radius 3 is 2.69 bits per heavy atom. The third kappa shape index (κ3) is 3.26. The van der Waals surface area contributed by atoms with E-state index in [1.54, 1.807) is 6.07 Å². The van der Waals surface area contributed by atoms with Crippen LogP contribution < -0.4 is 0 Å². The molecule has 13 heavy (non-hydrogen) atoms. The number of halogens is 1. The third-order valence-electron chi connectivity index (χ3n) is 1.41. The maximum atomic E-state index is 10.5. The maximum absolute atomic E-state index is 10.5. The molecule has 70 valence electrons. The lowest BCUT2D eigenvalue weighted by molar-refractivity contribution is 0.112. The summed E-state index contributed by atoms with van der Waals surface area (Å²) >= 11 is 3.76. The molecule has 5 heteroatoms. The zero-order chi connectivity index (χ0) is 9.84. The van der Waals surface area contributed by atoms with Crippen LogP contribution in [0, 0.1) is 0 Å². The molecule has 0 saturated carbocycles. The first-order chi connectivity index (χ1) is 6.11. The van der Waals surface area contributed by atoms with Gasteiger partial charge in [-0.1, -0.05) is 11.6 Å². The Bertz CT molecular complexity index is 351. The Morgan fingerprint density at radius 1 is 1.46 bits per heavy atom. The second-order valence-corrected chi connectivity index (χ2v) is 3.84. The van der Waals surface area contributed by atoms with Gasteiger partial charge in [-0.05, 0) is 23.8 Å². The Hall–Kier alpha value is -0.710. The van der Waals surface area contributed by atoms with Crippen molar-refractivity contribution in [2.45, 2.75) is 5.75 Å². The van der Waals surface area contributed by atoms with Crippen molar-refractivity contribution >= 4 is 29.0 Å². The van der Waals surface area contributed by atoms with Crippen LogP contribution in [0.2, 0.25) is 5.02 Å². The van der Waals surface area contributed by atoms with Gasteiger partial charge in [-0.3, -0.25) is 4.79 Å². The van der Waals surface area contributed by atoms with E-state index in [0.29, 0.717) is 22.4 Å². The number of carbonyl (C=O) groups is 1. The summed E-state index contributed by atoms with van der Waals surface area (Å²) in [6.45, 7) is 0. The van der Waals surface area contributed by atoms with Crippen molar-refractivity contribution in [1.29, 1.82) is 0 Å². The van der Waals surface area contributed by atoms with E-state index in [0.717, 1.165) is 0 Å². The van der Waals surface area contributed by atoms with Gasteiger partial charge in [0.05, 0.1) is 5.75 Å². The summed E-state index contributed by atoms with van der Waals surface area (Å²) in [5, 5.41) is 0.394. The highest BCUT2D eigenvalue weighted by Gasteiger charge is 2.01.